The molecule has 4 rings (SSSR count). The number of hydrogen-bond donors (Lipinski definition) is 1. The number of aryl methyl sites for hydroxylation is 1. The van der Waals surface area contributed by atoms with Crippen LogP contribution in [-0.2, 0) is 13.1 Å². The van der Waals surface area contributed by atoms with E-state index < -0.39 is 0 Å². The van der Waals surface area contributed by atoms with Crippen LogP contribution in [0.1, 0.15) is 42.2 Å². The monoisotopic (exact) mass is 441 g/mol. The van der Waals surface area contributed by atoms with E-state index in [0.717, 1.165) is 24.8 Å². The summed E-state index contributed by atoms with van der Waals surface area (Å²) in [4.78, 5) is 25.7. The number of fused-ring (bicyclic) bond motifs is 2. The van der Waals surface area contributed by atoms with E-state index in [1.807, 2.05) is 13.0 Å². The van der Waals surface area contributed by atoms with Gasteiger partial charge in [0.25, 0.3) is 11.5 Å². The largest absolute Gasteiger partial charge is 0.489 e. The highest BCUT2D eigenvalue weighted by Gasteiger charge is 2.18. The number of aromatic nitrogens is 2. The number of halogens is 1. The molecule has 31 heavy (non-hydrogen) atoms. The first kappa shape index (κ1) is 21.2. The van der Waals surface area contributed by atoms with Crippen LogP contribution in [0.5, 0.6) is 11.5 Å². The lowest BCUT2D eigenvalue weighted by atomic mass is 10.1. The SMILES string of the molecule is CCCCn1nc(C(=O)NCc2cc(Cl)c3c(c2)OCCCO3)c2ccccc2c1=O. The van der Waals surface area contributed by atoms with Gasteiger partial charge < -0.3 is 14.8 Å². The van der Waals surface area contributed by atoms with Crippen molar-refractivity contribution < 1.29 is 14.3 Å². The van der Waals surface area contributed by atoms with Gasteiger partial charge in [-0.05, 0) is 30.2 Å². The minimum atomic E-state index is -0.357. The van der Waals surface area contributed by atoms with Crippen LogP contribution < -0.4 is 20.3 Å². The molecular formula is C23H24ClN3O4. The van der Waals surface area contributed by atoms with Crippen LogP contribution in [0.2, 0.25) is 5.02 Å². The summed E-state index contributed by atoms with van der Waals surface area (Å²) in [6, 6.07) is 10.6. The highest BCUT2D eigenvalue weighted by molar-refractivity contribution is 6.32. The molecular weight excluding hydrogens is 418 g/mol. The fraction of sp³-hybridized carbons (Fsp3) is 0.348. The molecule has 2 aromatic carbocycles. The molecule has 2 heterocycles. The number of hydrogen-bond acceptors (Lipinski definition) is 5. The zero-order valence-corrected chi connectivity index (χ0v) is 18.1. The second kappa shape index (κ2) is 9.39. The molecule has 0 saturated carbocycles. The smallest absolute Gasteiger partial charge is 0.274 e. The Hall–Kier alpha value is -3.06. The Morgan fingerprint density at radius 2 is 1.97 bits per heavy atom. The molecule has 0 bridgehead atoms. The molecule has 0 aliphatic carbocycles. The van der Waals surface area contributed by atoms with Crippen LogP contribution in [-0.4, -0.2) is 28.9 Å². The molecule has 1 N–H and O–H groups in total. The van der Waals surface area contributed by atoms with E-state index in [1.165, 1.54) is 4.68 Å². The molecule has 3 aromatic rings. The highest BCUT2D eigenvalue weighted by atomic mass is 35.5. The van der Waals surface area contributed by atoms with Gasteiger partial charge in [0.15, 0.2) is 17.2 Å². The van der Waals surface area contributed by atoms with Crippen molar-refractivity contribution in [3.8, 4) is 11.5 Å². The Kier molecular flexibility index (Phi) is 6.42. The third-order valence-electron chi connectivity index (χ3n) is 5.12. The van der Waals surface area contributed by atoms with E-state index in [1.54, 1.807) is 30.3 Å². The van der Waals surface area contributed by atoms with Crippen molar-refractivity contribution in [3.63, 3.8) is 0 Å². The molecule has 162 valence electrons. The molecule has 0 saturated heterocycles. The number of rotatable bonds is 6. The maximum Gasteiger partial charge on any atom is 0.274 e. The van der Waals surface area contributed by atoms with Gasteiger partial charge in [0.1, 0.15) is 0 Å². The number of amides is 1. The molecule has 0 atom stereocenters. The molecule has 0 radical (unpaired) electrons. The van der Waals surface area contributed by atoms with Gasteiger partial charge in [0, 0.05) is 24.9 Å². The molecule has 1 aromatic heterocycles. The zero-order valence-electron chi connectivity index (χ0n) is 17.3. The summed E-state index contributed by atoms with van der Waals surface area (Å²) in [5.41, 5.74) is 0.827. The third-order valence-corrected chi connectivity index (χ3v) is 5.40. The summed E-state index contributed by atoms with van der Waals surface area (Å²) in [6.45, 7) is 3.85. The molecule has 0 unspecified atom stereocenters. The average Bonchev–Trinajstić information content (AvgIpc) is 3.03. The Bertz CT molecular complexity index is 1180. The average molecular weight is 442 g/mol. The van der Waals surface area contributed by atoms with Crippen molar-refractivity contribution >= 4 is 28.3 Å². The number of nitrogens with one attached hydrogen (secondary N) is 1. The lowest BCUT2D eigenvalue weighted by molar-refractivity contribution is 0.0945. The predicted octanol–water partition coefficient (Wildman–Crippen LogP) is 3.94. The number of ether oxygens (including phenoxy) is 2. The fourth-order valence-electron chi connectivity index (χ4n) is 3.51. The Balaban J connectivity index is 1.60. The third kappa shape index (κ3) is 4.51. The minimum Gasteiger partial charge on any atom is -0.489 e. The summed E-state index contributed by atoms with van der Waals surface area (Å²) >= 11 is 6.35. The number of carbonyl (C=O) groups excluding carboxylic acids is 1. The van der Waals surface area contributed by atoms with Gasteiger partial charge in [-0.1, -0.05) is 43.1 Å². The van der Waals surface area contributed by atoms with Gasteiger partial charge in [0.2, 0.25) is 0 Å². The van der Waals surface area contributed by atoms with Crippen molar-refractivity contribution in [2.45, 2.75) is 39.3 Å². The van der Waals surface area contributed by atoms with E-state index in [2.05, 4.69) is 10.4 Å². The second-order valence-corrected chi connectivity index (χ2v) is 7.82. The summed E-state index contributed by atoms with van der Waals surface area (Å²) < 4.78 is 12.7. The number of carbonyl (C=O) groups is 1. The maximum atomic E-state index is 13.0. The Morgan fingerprint density at radius 3 is 2.77 bits per heavy atom. The molecule has 1 aliphatic heterocycles. The molecule has 8 heteroatoms. The van der Waals surface area contributed by atoms with Crippen LogP contribution in [0.4, 0.5) is 0 Å². The van der Waals surface area contributed by atoms with Crippen molar-refractivity contribution in [1.82, 2.24) is 15.1 Å². The van der Waals surface area contributed by atoms with Crippen LogP contribution in [0, 0.1) is 0 Å². The summed E-state index contributed by atoms with van der Waals surface area (Å²) in [5, 5.41) is 8.72. The Labute approximate surface area is 184 Å². The standard InChI is InChI=1S/C23H24ClN3O4/c1-2-3-9-27-23(29)17-8-5-4-7-16(17)20(26-27)22(28)25-14-15-12-18(24)21-19(13-15)30-10-6-11-31-21/h4-5,7-8,12-13H,2-3,6,9-11,14H2,1H3,(H,25,28). The van der Waals surface area contributed by atoms with Gasteiger partial charge in [-0.15, -0.1) is 0 Å². The summed E-state index contributed by atoms with van der Waals surface area (Å²) in [6.07, 6.45) is 2.51. The number of nitrogens with zero attached hydrogens (tertiary/aromatic N) is 2. The van der Waals surface area contributed by atoms with Crippen LogP contribution >= 0.6 is 11.6 Å². The van der Waals surface area contributed by atoms with Crippen molar-refractivity contribution in [2.75, 3.05) is 13.2 Å². The van der Waals surface area contributed by atoms with Gasteiger partial charge in [-0.3, -0.25) is 9.59 Å². The number of unbranched alkanes of at least 4 members (excludes halogenated alkanes) is 1. The Morgan fingerprint density at radius 1 is 1.19 bits per heavy atom. The van der Waals surface area contributed by atoms with Gasteiger partial charge in [-0.2, -0.15) is 5.10 Å². The quantitative estimate of drug-likeness (QED) is 0.626. The van der Waals surface area contributed by atoms with E-state index in [9.17, 15) is 9.59 Å². The second-order valence-electron chi connectivity index (χ2n) is 7.41. The van der Waals surface area contributed by atoms with Crippen molar-refractivity contribution in [1.29, 1.82) is 0 Å². The molecule has 7 nitrogen and oxygen atoms in total. The van der Waals surface area contributed by atoms with Gasteiger partial charge in [-0.25, -0.2) is 4.68 Å². The normalized spacial score (nSPS) is 13.1. The molecule has 0 fully saturated rings. The lowest BCUT2D eigenvalue weighted by Gasteiger charge is -2.13. The first-order chi connectivity index (χ1) is 15.1. The number of benzene rings is 2. The first-order valence-electron chi connectivity index (χ1n) is 10.4. The fourth-order valence-corrected chi connectivity index (χ4v) is 3.80. The highest BCUT2D eigenvalue weighted by Crippen LogP contribution is 2.38. The lowest BCUT2D eigenvalue weighted by Crippen LogP contribution is -2.30. The van der Waals surface area contributed by atoms with Gasteiger partial charge in [0.05, 0.1) is 23.6 Å². The first-order valence-corrected chi connectivity index (χ1v) is 10.8. The topological polar surface area (TPSA) is 82.5 Å². The van der Waals surface area contributed by atoms with E-state index in [0.29, 0.717) is 47.1 Å². The predicted molar refractivity (Wildman–Crippen MR) is 119 cm³/mol. The van der Waals surface area contributed by atoms with E-state index in [-0.39, 0.29) is 23.7 Å². The van der Waals surface area contributed by atoms with Crippen LogP contribution in [0.15, 0.2) is 41.2 Å². The van der Waals surface area contributed by atoms with Crippen LogP contribution in [0.3, 0.4) is 0 Å². The molecule has 1 amide bonds. The van der Waals surface area contributed by atoms with Crippen molar-refractivity contribution in [3.05, 3.63) is 63.0 Å². The van der Waals surface area contributed by atoms with E-state index >= 15 is 0 Å². The molecule has 0 spiro atoms. The van der Waals surface area contributed by atoms with Gasteiger partial charge >= 0.3 is 0 Å². The van der Waals surface area contributed by atoms with E-state index in [4.69, 9.17) is 21.1 Å². The van der Waals surface area contributed by atoms with Crippen LogP contribution in [0.25, 0.3) is 10.8 Å². The zero-order chi connectivity index (χ0) is 21.8. The minimum absolute atomic E-state index is 0.185. The maximum absolute atomic E-state index is 13.0. The summed E-state index contributed by atoms with van der Waals surface area (Å²) in [5.74, 6) is 0.750. The molecule has 1 aliphatic rings. The summed E-state index contributed by atoms with van der Waals surface area (Å²) in [7, 11) is 0. The van der Waals surface area contributed by atoms with Crippen molar-refractivity contribution in [2.24, 2.45) is 0 Å².